The Kier molecular flexibility index (Phi) is 5.78. The number of anilines is 1. The van der Waals surface area contributed by atoms with Crippen LogP contribution in [0.3, 0.4) is 0 Å². The number of nitrogens with two attached hydrogens (primary N) is 2. The van der Waals surface area contributed by atoms with E-state index < -0.39 is 53.2 Å². The van der Waals surface area contributed by atoms with Crippen molar-refractivity contribution >= 4 is 11.6 Å². The second-order valence-electron chi connectivity index (χ2n) is 5.31. The van der Waals surface area contributed by atoms with Gasteiger partial charge >= 0.3 is 12.4 Å². The third kappa shape index (κ3) is 4.87. The Balaban J connectivity index is 3.13. The lowest BCUT2D eigenvalue weighted by molar-refractivity contribution is -0.178. The van der Waals surface area contributed by atoms with Crippen LogP contribution < -0.4 is 21.5 Å². The molecule has 0 saturated heterocycles. The molecule has 0 aliphatic heterocycles. The molecule has 6 nitrogen and oxygen atoms in total. The number of nitrogens with zero attached hydrogens (tertiary/aromatic N) is 1. The molecule has 1 aromatic rings. The van der Waals surface area contributed by atoms with Gasteiger partial charge in [0.15, 0.2) is 5.69 Å². The van der Waals surface area contributed by atoms with E-state index in [1.54, 1.807) is 0 Å². The van der Waals surface area contributed by atoms with Crippen LogP contribution >= 0.6 is 0 Å². The molecule has 1 unspecified atom stereocenters. The fraction of sp³-hybridized carbons (Fsp3) is 0.538. The van der Waals surface area contributed by atoms with Crippen LogP contribution in [0, 0.1) is 0 Å². The summed E-state index contributed by atoms with van der Waals surface area (Å²) in [5.74, 6) is -2.12. The van der Waals surface area contributed by atoms with Gasteiger partial charge in [-0.15, -0.1) is 0 Å². The average Bonchev–Trinajstić information content (AvgIpc) is 2.44. The number of nitrogen functional groups attached to an aromatic ring is 1. The molecule has 0 aromatic carbocycles. The molecule has 0 radical (unpaired) electrons. The molecule has 1 heterocycles. The molecule has 1 rings (SSSR count). The van der Waals surface area contributed by atoms with Crippen molar-refractivity contribution in [1.29, 1.82) is 0 Å². The van der Waals surface area contributed by atoms with E-state index in [1.165, 1.54) is 6.92 Å². The van der Waals surface area contributed by atoms with Gasteiger partial charge in [0.25, 0.3) is 5.91 Å². The first-order valence-electron chi connectivity index (χ1n) is 6.85. The molecular weight excluding hydrogens is 358 g/mol. The largest absolute Gasteiger partial charge is 0.478 e. The highest BCUT2D eigenvalue weighted by molar-refractivity contribution is 5.97. The van der Waals surface area contributed by atoms with E-state index >= 15 is 0 Å². The lowest BCUT2D eigenvalue weighted by atomic mass is 10.0. The van der Waals surface area contributed by atoms with Crippen LogP contribution in [0.4, 0.5) is 32.0 Å². The monoisotopic (exact) mass is 374 g/mol. The van der Waals surface area contributed by atoms with E-state index in [4.69, 9.17) is 16.2 Å². The van der Waals surface area contributed by atoms with E-state index in [-0.39, 0.29) is 6.61 Å². The van der Waals surface area contributed by atoms with Gasteiger partial charge in [0, 0.05) is 6.54 Å². The molecule has 0 bridgehead atoms. The number of carbonyl (C=O) groups is 1. The number of rotatable bonds is 5. The van der Waals surface area contributed by atoms with Crippen molar-refractivity contribution in [1.82, 2.24) is 10.3 Å². The number of hydrogen-bond donors (Lipinski definition) is 3. The number of carbonyl (C=O) groups excluding carboxylic acids is 1. The van der Waals surface area contributed by atoms with Crippen LogP contribution in [0.25, 0.3) is 0 Å². The number of halogens is 6. The Morgan fingerprint density at radius 2 is 1.84 bits per heavy atom. The first kappa shape index (κ1) is 20.8. The van der Waals surface area contributed by atoms with E-state index in [0.717, 1.165) is 0 Å². The number of nitrogens with one attached hydrogen (secondary N) is 1. The number of aromatic nitrogens is 1. The molecule has 0 spiro atoms. The van der Waals surface area contributed by atoms with Crippen LogP contribution in [0.2, 0.25) is 0 Å². The zero-order valence-corrected chi connectivity index (χ0v) is 13.2. The molecule has 1 atom stereocenters. The third-order valence-corrected chi connectivity index (χ3v) is 3.08. The maximum atomic E-state index is 12.9. The van der Waals surface area contributed by atoms with E-state index in [0.29, 0.717) is 13.0 Å². The quantitative estimate of drug-likeness (QED) is 0.685. The van der Waals surface area contributed by atoms with Crippen molar-refractivity contribution in [2.24, 2.45) is 5.73 Å². The molecule has 5 N–H and O–H groups in total. The molecule has 12 heteroatoms. The van der Waals surface area contributed by atoms with Crippen LogP contribution in [-0.2, 0) is 6.18 Å². The summed E-state index contributed by atoms with van der Waals surface area (Å²) in [5, 5.41) is 1.85. The molecule has 0 fully saturated rings. The standard InChI is InChI=1S/C13H16F6N4O2/c1-3-25-10-6(12(14,15)16)4-7(20)8(23-10)9(24)22-5-11(2,21)13(17,18)19/h4H,3,5,20-21H2,1-2H3,(H,22,24). The number of alkyl halides is 6. The minimum absolute atomic E-state index is 0.185. The van der Waals surface area contributed by atoms with Gasteiger partial charge in [0.1, 0.15) is 11.1 Å². The van der Waals surface area contributed by atoms with Gasteiger partial charge < -0.3 is 21.5 Å². The maximum Gasteiger partial charge on any atom is 0.421 e. The summed E-state index contributed by atoms with van der Waals surface area (Å²) < 4.78 is 81.4. The molecule has 1 amide bonds. The van der Waals surface area contributed by atoms with Crippen molar-refractivity contribution in [3.05, 3.63) is 17.3 Å². The van der Waals surface area contributed by atoms with Crippen molar-refractivity contribution < 1.29 is 35.9 Å². The van der Waals surface area contributed by atoms with Crippen molar-refractivity contribution in [3.63, 3.8) is 0 Å². The van der Waals surface area contributed by atoms with E-state index in [2.05, 4.69) is 4.98 Å². The summed E-state index contributed by atoms with van der Waals surface area (Å²) in [6.45, 7) is 0.820. The van der Waals surface area contributed by atoms with Gasteiger partial charge in [-0.05, 0) is 19.9 Å². The smallest absolute Gasteiger partial charge is 0.421 e. The predicted octanol–water partition coefficient (Wildman–Crippen LogP) is 2.09. The molecule has 142 valence electrons. The van der Waals surface area contributed by atoms with Crippen LogP contribution in [0.1, 0.15) is 29.9 Å². The summed E-state index contributed by atoms with van der Waals surface area (Å²) >= 11 is 0. The van der Waals surface area contributed by atoms with Gasteiger partial charge in [0.05, 0.1) is 12.3 Å². The zero-order valence-electron chi connectivity index (χ0n) is 13.2. The number of amides is 1. The van der Waals surface area contributed by atoms with E-state index in [1.807, 2.05) is 5.32 Å². The average molecular weight is 374 g/mol. The normalized spacial score (nSPS) is 14.8. The first-order valence-corrected chi connectivity index (χ1v) is 6.85. The van der Waals surface area contributed by atoms with Crippen molar-refractivity contribution in [3.8, 4) is 5.88 Å². The Hall–Kier alpha value is -2.24. The summed E-state index contributed by atoms with van der Waals surface area (Å²) in [5.41, 5.74) is 5.01. The number of ether oxygens (including phenoxy) is 1. The van der Waals surface area contributed by atoms with Gasteiger partial charge in [-0.25, -0.2) is 4.98 Å². The highest BCUT2D eigenvalue weighted by Crippen LogP contribution is 2.37. The summed E-state index contributed by atoms with van der Waals surface area (Å²) in [6, 6.07) is 0.429. The molecule has 0 aliphatic carbocycles. The summed E-state index contributed by atoms with van der Waals surface area (Å²) in [6.07, 6.45) is -9.65. The highest BCUT2D eigenvalue weighted by atomic mass is 19.4. The maximum absolute atomic E-state index is 12.9. The number of pyridine rings is 1. The Morgan fingerprint density at radius 1 is 1.28 bits per heavy atom. The summed E-state index contributed by atoms with van der Waals surface area (Å²) in [4.78, 5) is 15.3. The fourth-order valence-electron chi connectivity index (χ4n) is 1.59. The van der Waals surface area contributed by atoms with Gasteiger partial charge in [-0.3, -0.25) is 4.79 Å². The lowest BCUT2D eigenvalue weighted by Crippen LogP contribution is -2.58. The Morgan fingerprint density at radius 3 is 2.28 bits per heavy atom. The molecule has 1 aromatic heterocycles. The van der Waals surface area contributed by atoms with Crippen LogP contribution in [0.15, 0.2) is 6.07 Å². The van der Waals surface area contributed by atoms with Crippen molar-refractivity contribution in [2.75, 3.05) is 18.9 Å². The first-order chi connectivity index (χ1) is 11.2. The fourth-order valence-corrected chi connectivity index (χ4v) is 1.59. The van der Waals surface area contributed by atoms with Crippen LogP contribution in [-0.4, -0.2) is 35.8 Å². The van der Waals surface area contributed by atoms with E-state index in [9.17, 15) is 31.1 Å². The van der Waals surface area contributed by atoms with Gasteiger partial charge in [0.2, 0.25) is 5.88 Å². The molecule has 25 heavy (non-hydrogen) atoms. The van der Waals surface area contributed by atoms with Crippen molar-refractivity contribution in [2.45, 2.75) is 31.7 Å². The second-order valence-corrected chi connectivity index (χ2v) is 5.31. The predicted molar refractivity (Wildman–Crippen MR) is 75.8 cm³/mol. The van der Waals surface area contributed by atoms with Crippen LogP contribution in [0.5, 0.6) is 5.88 Å². The molecule has 0 aliphatic rings. The third-order valence-electron chi connectivity index (χ3n) is 3.08. The zero-order chi connectivity index (χ0) is 19.6. The second kappa shape index (κ2) is 6.94. The van der Waals surface area contributed by atoms with Gasteiger partial charge in [-0.2, -0.15) is 26.3 Å². The minimum Gasteiger partial charge on any atom is -0.478 e. The molecular formula is C13H16F6N4O2. The lowest BCUT2D eigenvalue weighted by Gasteiger charge is -2.27. The number of hydrogen-bond acceptors (Lipinski definition) is 5. The topological polar surface area (TPSA) is 103 Å². The summed E-state index contributed by atoms with van der Waals surface area (Å²) in [7, 11) is 0. The van der Waals surface area contributed by atoms with Gasteiger partial charge in [-0.1, -0.05) is 0 Å². The molecule has 0 saturated carbocycles. The SMILES string of the molecule is CCOc1nc(C(=O)NCC(C)(N)C(F)(F)F)c(N)cc1C(F)(F)F. The Labute approximate surface area is 138 Å². The minimum atomic E-state index is -4.84. The highest BCUT2D eigenvalue weighted by Gasteiger charge is 2.48. The Bertz CT molecular complexity index is 643.